The number of nitrogens with zero attached hydrogens (tertiary/aromatic N) is 1. The Kier molecular flexibility index (Phi) is 4.31. The van der Waals surface area contributed by atoms with Crippen LogP contribution in [0.25, 0.3) is 0 Å². The maximum Gasteiger partial charge on any atom is 0.324 e. The van der Waals surface area contributed by atoms with Gasteiger partial charge >= 0.3 is 5.97 Å². The second kappa shape index (κ2) is 6.77. The van der Waals surface area contributed by atoms with E-state index in [2.05, 4.69) is 41.3 Å². The quantitative estimate of drug-likeness (QED) is 0.400. The third-order valence-electron chi connectivity index (χ3n) is 5.09. The van der Waals surface area contributed by atoms with Crippen molar-refractivity contribution >= 4 is 5.97 Å². The van der Waals surface area contributed by atoms with Gasteiger partial charge in [-0.2, -0.15) is 0 Å². The molecule has 0 bridgehead atoms. The topological polar surface area (TPSA) is 29.3 Å². The smallest absolute Gasteiger partial charge is 0.324 e. The fourth-order valence-corrected chi connectivity index (χ4v) is 3.88. The zero-order chi connectivity index (χ0) is 18.0. The van der Waals surface area contributed by atoms with Gasteiger partial charge < -0.3 is 4.74 Å². The zero-order valence-corrected chi connectivity index (χ0v) is 14.7. The number of methoxy groups -OCH3 is 1. The average molecular weight is 343 g/mol. The highest BCUT2D eigenvalue weighted by Gasteiger charge is 2.56. The molecular formula is C23H21NO2. The van der Waals surface area contributed by atoms with Gasteiger partial charge in [-0.25, -0.2) is 0 Å². The van der Waals surface area contributed by atoms with Gasteiger partial charge in [-0.3, -0.25) is 9.69 Å². The number of hydrogen-bond acceptors (Lipinski definition) is 3. The summed E-state index contributed by atoms with van der Waals surface area (Å²) in [6.45, 7) is 0.672. The van der Waals surface area contributed by atoms with Crippen LogP contribution in [0, 0.1) is 0 Å². The zero-order valence-electron chi connectivity index (χ0n) is 14.7. The van der Waals surface area contributed by atoms with Gasteiger partial charge in [0.1, 0.15) is 6.04 Å². The van der Waals surface area contributed by atoms with Gasteiger partial charge in [-0.1, -0.05) is 91.0 Å². The summed E-state index contributed by atoms with van der Waals surface area (Å²) in [7, 11) is 1.45. The second-order valence-electron chi connectivity index (χ2n) is 6.50. The minimum Gasteiger partial charge on any atom is -0.468 e. The second-order valence-corrected chi connectivity index (χ2v) is 6.50. The Labute approximate surface area is 153 Å². The highest BCUT2D eigenvalue weighted by atomic mass is 16.5. The number of carbonyl (C=O) groups excluding carboxylic acids is 1. The Morgan fingerprint density at radius 3 is 1.54 bits per heavy atom. The predicted molar refractivity (Wildman–Crippen MR) is 102 cm³/mol. The molecule has 0 N–H and O–H groups in total. The van der Waals surface area contributed by atoms with E-state index in [0.717, 1.165) is 16.7 Å². The summed E-state index contributed by atoms with van der Waals surface area (Å²) in [5.41, 5.74) is 2.90. The summed E-state index contributed by atoms with van der Waals surface area (Å²) >= 11 is 0. The van der Waals surface area contributed by atoms with Crippen molar-refractivity contribution in [1.82, 2.24) is 4.90 Å². The highest BCUT2D eigenvalue weighted by molar-refractivity contribution is 5.80. The maximum absolute atomic E-state index is 12.3. The van der Waals surface area contributed by atoms with Gasteiger partial charge in [-0.15, -0.1) is 0 Å². The summed E-state index contributed by atoms with van der Waals surface area (Å²) in [4.78, 5) is 14.5. The molecule has 1 unspecified atom stereocenters. The lowest BCUT2D eigenvalue weighted by Crippen LogP contribution is -2.40. The van der Waals surface area contributed by atoms with Crippen molar-refractivity contribution < 1.29 is 9.53 Å². The molecule has 3 nitrogen and oxygen atoms in total. The Bertz CT molecular complexity index is 781. The standard InChI is InChI=1S/C23H21NO2/c1-26-22(25)21-17-24(21)23(18-11-5-2-6-12-18,19-13-7-3-8-14-19)20-15-9-4-10-16-20/h2-16,21H,17H2,1H3/t21-,24?/m1/s1. The van der Waals surface area contributed by atoms with Crippen LogP contribution in [-0.2, 0) is 15.1 Å². The highest BCUT2D eigenvalue weighted by Crippen LogP contribution is 2.48. The van der Waals surface area contributed by atoms with E-state index in [1.165, 1.54) is 7.11 Å². The summed E-state index contributed by atoms with van der Waals surface area (Å²) in [5, 5.41) is 0. The SMILES string of the molecule is COC(=O)[C@H]1CN1C(c1ccccc1)(c1ccccc1)c1ccccc1. The molecule has 3 aromatic carbocycles. The molecule has 0 radical (unpaired) electrons. The number of esters is 1. The molecule has 4 rings (SSSR count). The van der Waals surface area contributed by atoms with E-state index >= 15 is 0 Å². The van der Waals surface area contributed by atoms with Crippen molar-refractivity contribution in [3.05, 3.63) is 108 Å². The van der Waals surface area contributed by atoms with Crippen LogP contribution in [0.4, 0.5) is 0 Å². The van der Waals surface area contributed by atoms with E-state index < -0.39 is 5.54 Å². The minimum absolute atomic E-state index is 0.183. The summed E-state index contributed by atoms with van der Waals surface area (Å²) in [6, 6.07) is 30.9. The number of benzene rings is 3. The molecule has 1 heterocycles. The molecule has 26 heavy (non-hydrogen) atoms. The van der Waals surface area contributed by atoms with E-state index in [-0.39, 0.29) is 12.0 Å². The number of ether oxygens (including phenoxy) is 1. The first kappa shape index (κ1) is 16.6. The monoisotopic (exact) mass is 343 g/mol. The van der Waals surface area contributed by atoms with Crippen molar-refractivity contribution in [2.24, 2.45) is 0 Å². The van der Waals surface area contributed by atoms with Gasteiger partial charge in [-0.05, 0) is 16.7 Å². The van der Waals surface area contributed by atoms with E-state index in [0.29, 0.717) is 6.54 Å². The Morgan fingerprint density at radius 1 is 0.808 bits per heavy atom. The van der Waals surface area contributed by atoms with Gasteiger partial charge in [0, 0.05) is 6.54 Å². The molecule has 1 aliphatic heterocycles. The first-order valence-corrected chi connectivity index (χ1v) is 8.79. The van der Waals surface area contributed by atoms with Crippen LogP contribution < -0.4 is 0 Å². The van der Waals surface area contributed by atoms with Crippen LogP contribution in [-0.4, -0.2) is 30.6 Å². The van der Waals surface area contributed by atoms with Crippen LogP contribution in [0.3, 0.4) is 0 Å². The van der Waals surface area contributed by atoms with Crippen LogP contribution in [0.5, 0.6) is 0 Å². The van der Waals surface area contributed by atoms with Crippen molar-refractivity contribution in [1.29, 1.82) is 0 Å². The van der Waals surface area contributed by atoms with E-state index in [1.54, 1.807) is 0 Å². The molecule has 0 aliphatic carbocycles. The van der Waals surface area contributed by atoms with E-state index in [4.69, 9.17) is 4.74 Å². The van der Waals surface area contributed by atoms with Crippen LogP contribution in [0.1, 0.15) is 16.7 Å². The van der Waals surface area contributed by atoms with E-state index in [9.17, 15) is 4.79 Å². The molecule has 0 aromatic heterocycles. The molecule has 1 aliphatic rings. The minimum atomic E-state index is -0.525. The van der Waals surface area contributed by atoms with Crippen molar-refractivity contribution in [2.75, 3.05) is 13.7 Å². The molecular weight excluding hydrogens is 322 g/mol. The molecule has 3 aromatic rings. The molecule has 2 atom stereocenters. The fraction of sp³-hybridized carbons (Fsp3) is 0.174. The molecule has 1 fully saturated rings. The van der Waals surface area contributed by atoms with Crippen molar-refractivity contribution in [3.63, 3.8) is 0 Å². The number of rotatable bonds is 5. The van der Waals surface area contributed by atoms with Gasteiger partial charge in [0.2, 0.25) is 0 Å². The average Bonchev–Trinajstić information content (AvgIpc) is 3.52. The number of carbonyl (C=O) groups is 1. The van der Waals surface area contributed by atoms with Gasteiger partial charge in [0.05, 0.1) is 12.6 Å². The first-order valence-electron chi connectivity index (χ1n) is 8.79. The van der Waals surface area contributed by atoms with Gasteiger partial charge in [0.25, 0.3) is 0 Å². The Hall–Kier alpha value is -2.91. The molecule has 0 spiro atoms. The summed E-state index contributed by atoms with van der Waals surface area (Å²) in [6.07, 6.45) is 0. The largest absolute Gasteiger partial charge is 0.468 e. The van der Waals surface area contributed by atoms with Crippen LogP contribution in [0.15, 0.2) is 91.0 Å². The van der Waals surface area contributed by atoms with Crippen molar-refractivity contribution in [2.45, 2.75) is 11.6 Å². The Morgan fingerprint density at radius 2 is 1.19 bits per heavy atom. The molecule has 0 amide bonds. The summed E-state index contributed by atoms with van der Waals surface area (Å²) in [5.74, 6) is -0.183. The third-order valence-corrected chi connectivity index (χ3v) is 5.09. The number of hydrogen-bond donors (Lipinski definition) is 0. The third kappa shape index (κ3) is 2.61. The summed E-state index contributed by atoms with van der Waals surface area (Å²) < 4.78 is 5.03. The van der Waals surface area contributed by atoms with Crippen molar-refractivity contribution in [3.8, 4) is 0 Å². The van der Waals surface area contributed by atoms with Gasteiger partial charge in [0.15, 0.2) is 0 Å². The first-order chi connectivity index (χ1) is 12.8. The predicted octanol–water partition coefficient (Wildman–Crippen LogP) is 3.84. The molecule has 0 saturated carbocycles. The Balaban J connectivity index is 1.97. The molecule has 130 valence electrons. The maximum atomic E-state index is 12.3. The lowest BCUT2D eigenvalue weighted by atomic mass is 9.76. The van der Waals surface area contributed by atoms with Crippen LogP contribution in [0.2, 0.25) is 0 Å². The lowest BCUT2D eigenvalue weighted by molar-refractivity contribution is -0.141. The van der Waals surface area contributed by atoms with E-state index in [1.807, 2.05) is 54.6 Å². The normalized spacial score (nSPS) is 19.0. The fourth-order valence-electron chi connectivity index (χ4n) is 3.88. The molecule has 1 saturated heterocycles. The van der Waals surface area contributed by atoms with Crippen LogP contribution >= 0.6 is 0 Å². The lowest BCUT2D eigenvalue weighted by Gasteiger charge is -2.38. The molecule has 3 heteroatoms.